The number of carboxylic acids is 1. The molecule has 0 saturated heterocycles. The minimum absolute atomic E-state index is 0.0987. The summed E-state index contributed by atoms with van der Waals surface area (Å²) in [6.07, 6.45) is 6.72. The first-order valence-electron chi connectivity index (χ1n) is 4.33. The van der Waals surface area contributed by atoms with Crippen LogP contribution in [0.4, 0.5) is 4.79 Å². The highest BCUT2D eigenvalue weighted by Gasteiger charge is 2.45. The number of carbonyl (C=O) groups is 2. The van der Waals surface area contributed by atoms with Gasteiger partial charge in [-0.15, -0.1) is 6.42 Å². The van der Waals surface area contributed by atoms with E-state index < -0.39 is 17.5 Å². The van der Waals surface area contributed by atoms with Crippen LogP contribution in [-0.4, -0.2) is 29.2 Å². The quantitative estimate of drug-likeness (QED) is 0.553. The molecule has 0 aromatic rings. The molecule has 5 heteroatoms. The SMILES string of the molecule is C#CCNC(=O)NC1(C(=O)O)CCC1. The van der Waals surface area contributed by atoms with E-state index in [1.165, 1.54) is 0 Å². The molecule has 2 amide bonds. The molecular formula is C9H12N2O3. The third-order valence-corrected chi connectivity index (χ3v) is 2.32. The predicted molar refractivity (Wildman–Crippen MR) is 49.6 cm³/mol. The van der Waals surface area contributed by atoms with Crippen LogP contribution >= 0.6 is 0 Å². The Labute approximate surface area is 81.9 Å². The Morgan fingerprint density at radius 3 is 2.50 bits per heavy atom. The van der Waals surface area contributed by atoms with Gasteiger partial charge in [-0.05, 0) is 19.3 Å². The van der Waals surface area contributed by atoms with Crippen molar-refractivity contribution in [1.29, 1.82) is 0 Å². The maximum atomic E-state index is 11.1. The summed E-state index contributed by atoms with van der Waals surface area (Å²) >= 11 is 0. The largest absolute Gasteiger partial charge is 0.480 e. The zero-order valence-electron chi connectivity index (χ0n) is 7.67. The molecule has 0 bridgehead atoms. The van der Waals surface area contributed by atoms with Gasteiger partial charge in [0.25, 0.3) is 0 Å². The van der Waals surface area contributed by atoms with Crippen LogP contribution in [-0.2, 0) is 4.79 Å². The van der Waals surface area contributed by atoms with E-state index in [0.29, 0.717) is 12.8 Å². The summed E-state index contributed by atoms with van der Waals surface area (Å²) < 4.78 is 0. The second-order valence-corrected chi connectivity index (χ2v) is 3.25. The molecule has 0 atom stereocenters. The Morgan fingerprint density at radius 2 is 2.14 bits per heavy atom. The molecule has 1 aliphatic rings. The Hall–Kier alpha value is -1.70. The topological polar surface area (TPSA) is 78.4 Å². The van der Waals surface area contributed by atoms with Gasteiger partial charge in [0.05, 0.1) is 6.54 Å². The van der Waals surface area contributed by atoms with Crippen LogP contribution in [0.15, 0.2) is 0 Å². The van der Waals surface area contributed by atoms with E-state index >= 15 is 0 Å². The van der Waals surface area contributed by atoms with Gasteiger partial charge in [0.2, 0.25) is 0 Å². The molecule has 0 unspecified atom stereocenters. The van der Waals surface area contributed by atoms with E-state index in [4.69, 9.17) is 11.5 Å². The Balaban J connectivity index is 2.46. The summed E-state index contributed by atoms with van der Waals surface area (Å²) in [5.41, 5.74) is -1.07. The maximum absolute atomic E-state index is 11.1. The minimum atomic E-state index is -1.07. The second-order valence-electron chi connectivity index (χ2n) is 3.25. The van der Waals surface area contributed by atoms with Crippen LogP contribution in [0.25, 0.3) is 0 Å². The highest BCUT2D eigenvalue weighted by molar-refractivity contribution is 5.87. The zero-order chi connectivity index (χ0) is 10.6. The summed E-state index contributed by atoms with van der Waals surface area (Å²) in [7, 11) is 0. The van der Waals surface area contributed by atoms with Crippen molar-refractivity contribution >= 4 is 12.0 Å². The number of urea groups is 1. The molecule has 3 N–H and O–H groups in total. The van der Waals surface area contributed by atoms with E-state index in [1.54, 1.807) is 0 Å². The molecular weight excluding hydrogens is 184 g/mol. The molecule has 14 heavy (non-hydrogen) atoms. The number of rotatable bonds is 3. The van der Waals surface area contributed by atoms with Crippen LogP contribution in [0.3, 0.4) is 0 Å². The summed E-state index contributed by atoms with van der Waals surface area (Å²) in [6.45, 7) is 0.0987. The third-order valence-electron chi connectivity index (χ3n) is 2.32. The molecule has 76 valence electrons. The number of hydrogen-bond donors (Lipinski definition) is 3. The van der Waals surface area contributed by atoms with E-state index in [1.807, 2.05) is 0 Å². The fraction of sp³-hybridized carbons (Fsp3) is 0.556. The molecule has 0 heterocycles. The minimum Gasteiger partial charge on any atom is -0.480 e. The van der Waals surface area contributed by atoms with E-state index in [0.717, 1.165) is 6.42 Å². The predicted octanol–water partition coefficient (Wildman–Crippen LogP) is -0.0739. The first-order chi connectivity index (χ1) is 6.60. The highest BCUT2D eigenvalue weighted by atomic mass is 16.4. The van der Waals surface area contributed by atoms with Crippen molar-refractivity contribution in [3.63, 3.8) is 0 Å². The summed E-state index contributed by atoms with van der Waals surface area (Å²) in [5, 5.41) is 13.7. The van der Waals surface area contributed by atoms with Crippen molar-refractivity contribution in [1.82, 2.24) is 10.6 Å². The van der Waals surface area contributed by atoms with Crippen LogP contribution in [0.5, 0.6) is 0 Å². The Bertz CT molecular complexity index is 289. The maximum Gasteiger partial charge on any atom is 0.329 e. The van der Waals surface area contributed by atoms with Crippen LogP contribution < -0.4 is 10.6 Å². The van der Waals surface area contributed by atoms with Crippen molar-refractivity contribution in [2.45, 2.75) is 24.8 Å². The summed E-state index contributed by atoms with van der Waals surface area (Å²) in [6, 6.07) is -0.523. The lowest BCUT2D eigenvalue weighted by atomic mass is 9.77. The van der Waals surface area contributed by atoms with Gasteiger partial charge in [0.15, 0.2) is 0 Å². The van der Waals surface area contributed by atoms with Gasteiger partial charge in [-0.2, -0.15) is 0 Å². The molecule has 1 fully saturated rings. The molecule has 0 aromatic heterocycles. The third kappa shape index (κ3) is 1.96. The number of carboxylic acid groups (broad SMARTS) is 1. The van der Waals surface area contributed by atoms with Gasteiger partial charge in [0, 0.05) is 0 Å². The second kappa shape index (κ2) is 4.01. The Morgan fingerprint density at radius 1 is 1.50 bits per heavy atom. The Kier molecular flexibility index (Phi) is 2.97. The average molecular weight is 196 g/mol. The van der Waals surface area contributed by atoms with E-state index in [2.05, 4.69) is 16.6 Å². The van der Waals surface area contributed by atoms with E-state index in [9.17, 15) is 9.59 Å². The van der Waals surface area contributed by atoms with Crippen molar-refractivity contribution in [2.24, 2.45) is 0 Å². The molecule has 5 nitrogen and oxygen atoms in total. The molecule has 1 saturated carbocycles. The first kappa shape index (κ1) is 10.4. The van der Waals surface area contributed by atoms with Crippen molar-refractivity contribution < 1.29 is 14.7 Å². The number of nitrogens with one attached hydrogen (secondary N) is 2. The fourth-order valence-corrected chi connectivity index (χ4v) is 1.32. The number of hydrogen-bond acceptors (Lipinski definition) is 2. The molecule has 1 aliphatic carbocycles. The fourth-order valence-electron chi connectivity index (χ4n) is 1.32. The molecule has 1 rings (SSSR count). The lowest BCUT2D eigenvalue weighted by molar-refractivity contribution is -0.148. The summed E-state index contributed by atoms with van der Waals surface area (Å²) in [4.78, 5) is 22.0. The number of aliphatic carboxylic acids is 1. The van der Waals surface area contributed by atoms with Crippen molar-refractivity contribution in [2.75, 3.05) is 6.54 Å². The van der Waals surface area contributed by atoms with Gasteiger partial charge < -0.3 is 15.7 Å². The lowest BCUT2D eigenvalue weighted by Gasteiger charge is -2.37. The van der Waals surface area contributed by atoms with Gasteiger partial charge >= 0.3 is 12.0 Å². The van der Waals surface area contributed by atoms with Gasteiger partial charge in [-0.25, -0.2) is 9.59 Å². The normalized spacial score (nSPS) is 17.4. The van der Waals surface area contributed by atoms with Crippen LogP contribution in [0.1, 0.15) is 19.3 Å². The zero-order valence-corrected chi connectivity index (χ0v) is 7.67. The van der Waals surface area contributed by atoms with Crippen molar-refractivity contribution in [3.8, 4) is 12.3 Å². The number of amides is 2. The van der Waals surface area contributed by atoms with Crippen LogP contribution in [0.2, 0.25) is 0 Å². The average Bonchev–Trinajstić information content (AvgIpc) is 2.07. The molecule has 0 aromatic carbocycles. The first-order valence-corrected chi connectivity index (χ1v) is 4.33. The van der Waals surface area contributed by atoms with Crippen molar-refractivity contribution in [3.05, 3.63) is 0 Å². The summed E-state index contributed by atoms with van der Waals surface area (Å²) in [5.74, 6) is 1.24. The van der Waals surface area contributed by atoms with Crippen LogP contribution in [0, 0.1) is 12.3 Å². The van der Waals surface area contributed by atoms with E-state index in [-0.39, 0.29) is 6.54 Å². The van der Waals surface area contributed by atoms with Gasteiger partial charge in [0.1, 0.15) is 5.54 Å². The highest BCUT2D eigenvalue weighted by Crippen LogP contribution is 2.31. The number of terminal acetylenes is 1. The standard InChI is InChI=1S/C9H12N2O3/c1-2-6-10-8(14)11-9(7(12)13)4-3-5-9/h1H,3-6H2,(H,12,13)(H2,10,11,14). The van der Waals surface area contributed by atoms with Gasteiger partial charge in [-0.3, -0.25) is 0 Å². The monoisotopic (exact) mass is 196 g/mol. The molecule has 0 aliphatic heterocycles. The lowest BCUT2D eigenvalue weighted by Crippen LogP contribution is -2.61. The number of carbonyl (C=O) groups excluding carboxylic acids is 1. The molecule has 0 spiro atoms. The smallest absolute Gasteiger partial charge is 0.329 e. The molecule has 0 radical (unpaired) electrons. The van der Waals surface area contributed by atoms with Gasteiger partial charge in [-0.1, -0.05) is 5.92 Å².